The standard InChI is InChI=1S/C29H31Cl2N7O4/c1-37(2)13-6-12-24(39)33-19-8-3-7-18(15-19)29(42)38-14-5-9-20(17-38)34-28(41)26-23(16-32-36-26)35-27(40)25-21(30)10-4-11-22(25)31/h3-4,6-8,10-12,15-16,20H,5,9,13-14,17H2,1-2H3,(H,32,36)(H,33,39)(H,34,41)(H,35,40)/b12-6+. The molecule has 42 heavy (non-hydrogen) atoms. The zero-order valence-electron chi connectivity index (χ0n) is 23.1. The monoisotopic (exact) mass is 611 g/mol. The lowest BCUT2D eigenvalue weighted by atomic mass is 10.0. The number of carbonyl (C=O) groups is 4. The summed E-state index contributed by atoms with van der Waals surface area (Å²) >= 11 is 12.3. The molecule has 13 heteroatoms. The summed E-state index contributed by atoms with van der Waals surface area (Å²) in [6.45, 7) is 1.45. The van der Waals surface area contributed by atoms with Gasteiger partial charge in [-0.1, -0.05) is 41.4 Å². The molecule has 0 bridgehead atoms. The summed E-state index contributed by atoms with van der Waals surface area (Å²) in [6.07, 6.45) is 5.87. The number of likely N-dealkylation sites (N-methyl/N-ethyl adjacent to an activating group) is 1. The number of rotatable bonds is 9. The summed E-state index contributed by atoms with van der Waals surface area (Å²) in [5.74, 6) is -1.57. The number of anilines is 2. The van der Waals surface area contributed by atoms with Crippen molar-refractivity contribution in [3.8, 4) is 0 Å². The van der Waals surface area contributed by atoms with Crippen LogP contribution in [0.1, 0.15) is 44.0 Å². The highest BCUT2D eigenvalue weighted by atomic mass is 35.5. The molecule has 1 unspecified atom stereocenters. The highest BCUT2D eigenvalue weighted by molar-refractivity contribution is 6.40. The normalized spacial score (nSPS) is 15.1. The summed E-state index contributed by atoms with van der Waals surface area (Å²) in [5.41, 5.74) is 1.23. The molecule has 1 aromatic heterocycles. The van der Waals surface area contributed by atoms with Crippen LogP contribution in [-0.2, 0) is 4.79 Å². The maximum absolute atomic E-state index is 13.3. The number of nitrogens with one attached hydrogen (secondary N) is 4. The fourth-order valence-corrected chi connectivity index (χ4v) is 5.03. The molecule has 3 aromatic rings. The van der Waals surface area contributed by atoms with Crippen LogP contribution in [0, 0.1) is 0 Å². The van der Waals surface area contributed by atoms with Crippen LogP contribution in [0.4, 0.5) is 11.4 Å². The van der Waals surface area contributed by atoms with E-state index in [1.54, 1.807) is 53.4 Å². The van der Waals surface area contributed by atoms with Crippen molar-refractivity contribution < 1.29 is 19.2 Å². The minimum Gasteiger partial charge on any atom is -0.346 e. The summed E-state index contributed by atoms with van der Waals surface area (Å²) in [6, 6.07) is 11.1. The minimum atomic E-state index is -0.585. The Labute approximate surface area is 253 Å². The van der Waals surface area contributed by atoms with Gasteiger partial charge >= 0.3 is 0 Å². The average molecular weight is 613 g/mol. The number of hydrogen-bond acceptors (Lipinski definition) is 6. The van der Waals surface area contributed by atoms with Gasteiger partial charge in [-0.25, -0.2) is 0 Å². The van der Waals surface area contributed by atoms with Crippen LogP contribution in [0.15, 0.2) is 60.8 Å². The number of piperidine rings is 1. The van der Waals surface area contributed by atoms with E-state index < -0.39 is 11.8 Å². The molecule has 0 radical (unpaired) electrons. The Kier molecular flexibility index (Phi) is 10.3. The zero-order valence-corrected chi connectivity index (χ0v) is 24.6. The summed E-state index contributed by atoms with van der Waals surface area (Å²) in [4.78, 5) is 55.0. The first-order chi connectivity index (χ1) is 20.1. The van der Waals surface area contributed by atoms with E-state index >= 15 is 0 Å². The molecule has 1 aliphatic rings. The Morgan fingerprint density at radius 3 is 2.55 bits per heavy atom. The van der Waals surface area contributed by atoms with Crippen LogP contribution >= 0.6 is 23.2 Å². The molecule has 0 saturated carbocycles. The Bertz CT molecular complexity index is 1480. The third kappa shape index (κ3) is 7.96. The first-order valence-electron chi connectivity index (χ1n) is 13.2. The van der Waals surface area contributed by atoms with Crippen LogP contribution in [0.25, 0.3) is 0 Å². The van der Waals surface area contributed by atoms with Crippen molar-refractivity contribution in [2.45, 2.75) is 18.9 Å². The Hall–Kier alpha value is -4.19. The van der Waals surface area contributed by atoms with Crippen molar-refractivity contribution in [1.29, 1.82) is 0 Å². The van der Waals surface area contributed by atoms with Crippen molar-refractivity contribution in [1.82, 2.24) is 25.3 Å². The predicted molar refractivity (Wildman–Crippen MR) is 162 cm³/mol. The van der Waals surface area contributed by atoms with Crippen LogP contribution in [0.2, 0.25) is 10.0 Å². The maximum atomic E-state index is 13.3. The molecular formula is C29H31Cl2N7O4. The second-order valence-electron chi connectivity index (χ2n) is 10.0. The molecule has 11 nitrogen and oxygen atoms in total. The van der Waals surface area contributed by atoms with Crippen molar-refractivity contribution in [3.05, 3.63) is 87.7 Å². The quantitative estimate of drug-likeness (QED) is 0.269. The number of nitrogens with zero attached hydrogens (tertiary/aromatic N) is 3. The van der Waals surface area contributed by atoms with E-state index in [1.165, 1.54) is 12.3 Å². The largest absolute Gasteiger partial charge is 0.346 e. The Morgan fingerprint density at radius 1 is 1.07 bits per heavy atom. The third-order valence-electron chi connectivity index (χ3n) is 6.47. The number of carbonyl (C=O) groups excluding carboxylic acids is 4. The van der Waals surface area contributed by atoms with Gasteiger partial charge in [-0.15, -0.1) is 0 Å². The van der Waals surface area contributed by atoms with Gasteiger partial charge in [0, 0.05) is 43.0 Å². The number of halogens is 2. The fraction of sp³-hybridized carbons (Fsp3) is 0.276. The number of hydrogen-bond donors (Lipinski definition) is 4. The molecule has 1 saturated heterocycles. The zero-order chi connectivity index (χ0) is 30.2. The molecule has 4 rings (SSSR count). The molecule has 2 aromatic carbocycles. The van der Waals surface area contributed by atoms with Crippen molar-refractivity contribution in [3.63, 3.8) is 0 Å². The number of aromatic amines is 1. The molecule has 4 amide bonds. The highest BCUT2D eigenvalue weighted by Crippen LogP contribution is 2.26. The minimum absolute atomic E-state index is 0.0538. The van der Waals surface area contributed by atoms with Crippen LogP contribution < -0.4 is 16.0 Å². The molecule has 4 N–H and O–H groups in total. The van der Waals surface area contributed by atoms with Gasteiger partial charge in [-0.05, 0) is 57.3 Å². The van der Waals surface area contributed by atoms with E-state index in [0.29, 0.717) is 43.7 Å². The van der Waals surface area contributed by atoms with Crippen LogP contribution in [0.5, 0.6) is 0 Å². The van der Waals surface area contributed by atoms with Gasteiger partial charge in [0.1, 0.15) is 5.69 Å². The Balaban J connectivity index is 1.37. The van der Waals surface area contributed by atoms with Gasteiger partial charge in [0.25, 0.3) is 17.7 Å². The second kappa shape index (κ2) is 14.1. The fourth-order valence-electron chi connectivity index (χ4n) is 4.46. The van der Waals surface area contributed by atoms with Crippen molar-refractivity contribution >= 4 is 58.2 Å². The Morgan fingerprint density at radius 2 is 1.81 bits per heavy atom. The SMILES string of the molecule is CN(C)C/C=C/C(=O)Nc1cccc(C(=O)N2CCCC(NC(=O)c3[nH]ncc3NC(=O)c3c(Cl)cccc3Cl)C2)c1. The summed E-state index contributed by atoms with van der Waals surface area (Å²) in [5, 5.41) is 15.2. The molecule has 220 valence electrons. The van der Waals surface area contributed by atoms with Gasteiger partial charge in [0.15, 0.2) is 0 Å². The maximum Gasteiger partial charge on any atom is 0.271 e. The number of aromatic nitrogens is 2. The topological polar surface area (TPSA) is 140 Å². The smallest absolute Gasteiger partial charge is 0.271 e. The van der Waals surface area contributed by atoms with E-state index in [0.717, 1.165) is 0 Å². The highest BCUT2D eigenvalue weighted by Gasteiger charge is 2.27. The number of likely N-dealkylation sites (tertiary alicyclic amines) is 1. The van der Waals surface area contributed by atoms with E-state index in [2.05, 4.69) is 26.1 Å². The van der Waals surface area contributed by atoms with Gasteiger partial charge in [-0.2, -0.15) is 5.10 Å². The molecule has 2 heterocycles. The number of amides is 4. The lowest BCUT2D eigenvalue weighted by Crippen LogP contribution is -2.49. The molecule has 0 spiro atoms. The first kappa shape index (κ1) is 30.8. The summed E-state index contributed by atoms with van der Waals surface area (Å²) < 4.78 is 0. The van der Waals surface area contributed by atoms with E-state index in [9.17, 15) is 19.2 Å². The second-order valence-corrected chi connectivity index (χ2v) is 10.8. The van der Waals surface area contributed by atoms with E-state index in [1.807, 2.05) is 19.0 Å². The van der Waals surface area contributed by atoms with Crippen LogP contribution in [-0.4, -0.2) is 83.4 Å². The predicted octanol–water partition coefficient (Wildman–Crippen LogP) is 4.06. The molecule has 1 fully saturated rings. The van der Waals surface area contributed by atoms with Gasteiger partial charge in [0.2, 0.25) is 5.91 Å². The van der Waals surface area contributed by atoms with Gasteiger partial charge < -0.3 is 25.8 Å². The lowest BCUT2D eigenvalue weighted by Gasteiger charge is -2.33. The van der Waals surface area contributed by atoms with E-state index in [4.69, 9.17) is 23.2 Å². The van der Waals surface area contributed by atoms with Crippen molar-refractivity contribution in [2.24, 2.45) is 0 Å². The third-order valence-corrected chi connectivity index (χ3v) is 7.10. The van der Waals surface area contributed by atoms with Gasteiger partial charge in [0.05, 0.1) is 27.5 Å². The molecule has 1 atom stereocenters. The van der Waals surface area contributed by atoms with E-state index in [-0.39, 0.29) is 44.8 Å². The number of benzene rings is 2. The van der Waals surface area contributed by atoms with Gasteiger partial charge in [-0.3, -0.25) is 24.3 Å². The summed E-state index contributed by atoms with van der Waals surface area (Å²) in [7, 11) is 3.81. The van der Waals surface area contributed by atoms with Crippen LogP contribution in [0.3, 0.4) is 0 Å². The van der Waals surface area contributed by atoms with Crippen molar-refractivity contribution in [2.75, 3.05) is 44.4 Å². The first-order valence-corrected chi connectivity index (χ1v) is 14.0. The molecule has 0 aliphatic carbocycles. The molecule has 1 aliphatic heterocycles. The number of H-pyrrole nitrogens is 1. The lowest BCUT2D eigenvalue weighted by molar-refractivity contribution is -0.111. The average Bonchev–Trinajstić information content (AvgIpc) is 3.41. The molecular weight excluding hydrogens is 581 g/mol.